The van der Waals surface area contributed by atoms with Crippen LogP contribution in [0.5, 0.6) is 0 Å². The van der Waals surface area contributed by atoms with Crippen molar-refractivity contribution in [3.63, 3.8) is 0 Å². The van der Waals surface area contributed by atoms with Crippen molar-refractivity contribution >= 4 is 29.1 Å². The van der Waals surface area contributed by atoms with Crippen LogP contribution in [0, 0.1) is 0 Å². The molecule has 0 bridgehead atoms. The van der Waals surface area contributed by atoms with Gasteiger partial charge in [-0.25, -0.2) is 0 Å². The smallest absolute Gasteiger partial charge is 0.319 e. The SMILES string of the molecule is CC1CC(Sc2nncs2)C(=O)O1. The van der Waals surface area contributed by atoms with E-state index < -0.39 is 0 Å². The molecule has 1 fully saturated rings. The number of aromatic nitrogens is 2. The lowest BCUT2D eigenvalue weighted by Crippen LogP contribution is -2.08. The van der Waals surface area contributed by atoms with Crippen LogP contribution < -0.4 is 0 Å². The highest BCUT2D eigenvalue weighted by atomic mass is 32.2. The van der Waals surface area contributed by atoms with Crippen molar-refractivity contribution in [1.29, 1.82) is 0 Å². The Morgan fingerprint density at radius 1 is 1.77 bits per heavy atom. The Morgan fingerprint density at radius 3 is 3.15 bits per heavy atom. The summed E-state index contributed by atoms with van der Waals surface area (Å²) in [5.41, 5.74) is 1.66. The third-order valence-corrected chi connectivity index (χ3v) is 3.72. The Balaban J connectivity index is 1.99. The van der Waals surface area contributed by atoms with Crippen LogP contribution in [-0.2, 0) is 9.53 Å². The minimum absolute atomic E-state index is 0.0397. The van der Waals surface area contributed by atoms with Gasteiger partial charge in [-0.3, -0.25) is 4.79 Å². The molecular formula is C7H8N2O2S2. The molecule has 1 aromatic rings. The summed E-state index contributed by atoms with van der Waals surface area (Å²) in [6.07, 6.45) is 0.807. The summed E-state index contributed by atoms with van der Waals surface area (Å²) in [4.78, 5) is 11.2. The summed E-state index contributed by atoms with van der Waals surface area (Å²) in [5, 5.41) is 7.47. The molecule has 6 heteroatoms. The molecule has 1 aliphatic heterocycles. The zero-order valence-electron chi connectivity index (χ0n) is 6.97. The number of carbonyl (C=O) groups excluding carboxylic acids is 1. The van der Waals surface area contributed by atoms with Gasteiger partial charge < -0.3 is 4.74 Å². The molecule has 13 heavy (non-hydrogen) atoms. The molecule has 1 saturated heterocycles. The van der Waals surface area contributed by atoms with Crippen molar-refractivity contribution in [2.24, 2.45) is 0 Å². The predicted molar refractivity (Wildman–Crippen MR) is 49.7 cm³/mol. The number of nitrogens with zero attached hydrogens (tertiary/aromatic N) is 2. The number of cyclic esters (lactones) is 1. The molecule has 0 amide bonds. The second kappa shape index (κ2) is 3.63. The fraction of sp³-hybridized carbons (Fsp3) is 0.571. The van der Waals surface area contributed by atoms with Gasteiger partial charge in [-0.05, 0) is 6.92 Å². The highest BCUT2D eigenvalue weighted by molar-refractivity contribution is 8.02. The molecule has 2 rings (SSSR count). The van der Waals surface area contributed by atoms with Gasteiger partial charge in [0.25, 0.3) is 0 Å². The lowest BCUT2D eigenvalue weighted by atomic mass is 10.3. The monoisotopic (exact) mass is 216 g/mol. The highest BCUT2D eigenvalue weighted by Gasteiger charge is 2.33. The summed E-state index contributed by atoms with van der Waals surface area (Å²) in [6.45, 7) is 1.90. The summed E-state index contributed by atoms with van der Waals surface area (Å²) in [7, 11) is 0. The highest BCUT2D eigenvalue weighted by Crippen LogP contribution is 2.32. The van der Waals surface area contributed by atoms with Gasteiger partial charge in [-0.15, -0.1) is 10.2 Å². The largest absolute Gasteiger partial charge is 0.462 e. The van der Waals surface area contributed by atoms with E-state index >= 15 is 0 Å². The van der Waals surface area contributed by atoms with E-state index in [1.807, 2.05) is 6.92 Å². The van der Waals surface area contributed by atoms with Crippen LogP contribution in [0.1, 0.15) is 13.3 Å². The van der Waals surface area contributed by atoms with Crippen LogP contribution in [0.3, 0.4) is 0 Å². The Bertz CT molecular complexity index is 301. The van der Waals surface area contributed by atoms with Gasteiger partial charge in [0.05, 0.1) is 0 Å². The average Bonchev–Trinajstić information content (AvgIpc) is 2.63. The van der Waals surface area contributed by atoms with Gasteiger partial charge in [0.15, 0.2) is 4.34 Å². The molecule has 2 atom stereocenters. The van der Waals surface area contributed by atoms with E-state index in [0.717, 1.165) is 10.8 Å². The van der Waals surface area contributed by atoms with E-state index in [1.54, 1.807) is 5.51 Å². The summed E-state index contributed by atoms with van der Waals surface area (Å²) in [6, 6.07) is 0. The minimum Gasteiger partial charge on any atom is -0.462 e. The van der Waals surface area contributed by atoms with E-state index in [-0.39, 0.29) is 17.3 Å². The van der Waals surface area contributed by atoms with Crippen molar-refractivity contribution in [2.75, 3.05) is 0 Å². The lowest BCUT2D eigenvalue weighted by molar-refractivity contribution is -0.140. The zero-order valence-corrected chi connectivity index (χ0v) is 8.60. The molecule has 0 aliphatic carbocycles. The van der Waals surface area contributed by atoms with E-state index in [9.17, 15) is 4.79 Å². The molecule has 0 saturated carbocycles. The van der Waals surface area contributed by atoms with Crippen molar-refractivity contribution in [3.05, 3.63) is 5.51 Å². The molecule has 2 unspecified atom stereocenters. The van der Waals surface area contributed by atoms with Crippen molar-refractivity contribution in [1.82, 2.24) is 10.2 Å². The number of hydrogen-bond acceptors (Lipinski definition) is 6. The van der Waals surface area contributed by atoms with Crippen LogP contribution in [0.2, 0.25) is 0 Å². The first-order valence-corrected chi connectivity index (χ1v) is 5.65. The molecular weight excluding hydrogens is 208 g/mol. The Kier molecular flexibility index (Phi) is 2.50. The maximum absolute atomic E-state index is 11.2. The van der Waals surface area contributed by atoms with Crippen molar-refractivity contribution in [3.8, 4) is 0 Å². The fourth-order valence-electron chi connectivity index (χ4n) is 1.15. The normalized spacial score (nSPS) is 27.6. The zero-order chi connectivity index (χ0) is 9.26. The lowest BCUT2D eigenvalue weighted by Gasteiger charge is -1.99. The second-order valence-corrected chi connectivity index (χ2v) is 5.08. The summed E-state index contributed by atoms with van der Waals surface area (Å²) >= 11 is 2.89. The topological polar surface area (TPSA) is 52.1 Å². The molecule has 0 radical (unpaired) electrons. The predicted octanol–water partition coefficient (Wildman–Crippen LogP) is 1.33. The van der Waals surface area contributed by atoms with Crippen LogP contribution >= 0.6 is 23.1 Å². The number of rotatable bonds is 2. The van der Waals surface area contributed by atoms with E-state index in [2.05, 4.69) is 10.2 Å². The third kappa shape index (κ3) is 2.00. The van der Waals surface area contributed by atoms with Crippen molar-refractivity contribution in [2.45, 2.75) is 29.0 Å². The molecule has 1 aromatic heterocycles. The molecule has 2 heterocycles. The second-order valence-electron chi connectivity index (χ2n) is 2.79. The van der Waals surface area contributed by atoms with Gasteiger partial charge in [-0.1, -0.05) is 23.1 Å². The van der Waals surface area contributed by atoms with Gasteiger partial charge in [0.2, 0.25) is 0 Å². The van der Waals surface area contributed by atoms with Gasteiger partial charge in [-0.2, -0.15) is 0 Å². The first-order valence-electron chi connectivity index (χ1n) is 3.89. The standard InChI is InChI=1S/C7H8N2O2S2/c1-4-2-5(6(10)11-4)13-7-9-8-3-12-7/h3-5H,2H2,1H3. The van der Waals surface area contributed by atoms with Crippen molar-refractivity contribution < 1.29 is 9.53 Å². The first-order chi connectivity index (χ1) is 6.25. The van der Waals surface area contributed by atoms with Crippen LogP contribution in [0.15, 0.2) is 9.85 Å². The molecule has 70 valence electrons. The molecule has 0 spiro atoms. The number of thioether (sulfide) groups is 1. The van der Waals surface area contributed by atoms with E-state index in [1.165, 1.54) is 23.1 Å². The third-order valence-electron chi connectivity index (χ3n) is 1.71. The minimum atomic E-state index is -0.132. The quantitative estimate of drug-likeness (QED) is 0.698. The summed E-state index contributed by atoms with van der Waals surface area (Å²) < 4.78 is 5.85. The van der Waals surface area contributed by atoms with Gasteiger partial charge >= 0.3 is 5.97 Å². The van der Waals surface area contributed by atoms with Crippen LogP contribution in [0.4, 0.5) is 0 Å². The Labute approximate surface area is 83.7 Å². The molecule has 4 nitrogen and oxygen atoms in total. The van der Waals surface area contributed by atoms with Crippen LogP contribution in [0.25, 0.3) is 0 Å². The maximum atomic E-state index is 11.2. The number of ether oxygens (including phenoxy) is 1. The number of hydrogen-bond donors (Lipinski definition) is 0. The van der Waals surface area contributed by atoms with Crippen LogP contribution in [-0.4, -0.2) is 27.5 Å². The maximum Gasteiger partial charge on any atom is 0.319 e. The average molecular weight is 216 g/mol. The van der Waals surface area contributed by atoms with Gasteiger partial charge in [0, 0.05) is 6.42 Å². The number of esters is 1. The van der Waals surface area contributed by atoms with E-state index in [4.69, 9.17) is 4.74 Å². The summed E-state index contributed by atoms with van der Waals surface area (Å²) in [5.74, 6) is -0.132. The molecule has 0 aromatic carbocycles. The fourth-order valence-corrected chi connectivity index (χ4v) is 2.99. The Morgan fingerprint density at radius 2 is 2.62 bits per heavy atom. The molecule has 0 N–H and O–H groups in total. The van der Waals surface area contributed by atoms with E-state index in [0.29, 0.717) is 0 Å². The number of carbonyl (C=O) groups is 1. The Hall–Kier alpha value is -0.620. The van der Waals surface area contributed by atoms with Gasteiger partial charge in [0.1, 0.15) is 16.9 Å². The first kappa shape index (κ1) is 8.96. The molecule has 1 aliphatic rings.